The molecular formula is C25H21NO5S. The Morgan fingerprint density at radius 2 is 1.81 bits per heavy atom. The summed E-state index contributed by atoms with van der Waals surface area (Å²) in [5.41, 5.74) is 5.10. The van der Waals surface area contributed by atoms with Gasteiger partial charge in [-0.1, -0.05) is 42.5 Å². The van der Waals surface area contributed by atoms with Crippen LogP contribution < -0.4 is 14.6 Å². The summed E-state index contributed by atoms with van der Waals surface area (Å²) < 4.78 is 41.0. The zero-order valence-electron chi connectivity index (χ0n) is 17.3. The van der Waals surface area contributed by atoms with Crippen molar-refractivity contribution >= 4 is 10.0 Å². The Labute approximate surface area is 186 Å². The van der Waals surface area contributed by atoms with Gasteiger partial charge >= 0.3 is 0 Å². The lowest BCUT2D eigenvalue weighted by Gasteiger charge is -2.31. The van der Waals surface area contributed by atoms with Gasteiger partial charge in [-0.25, -0.2) is 13.6 Å². The molecule has 0 aliphatic carbocycles. The highest BCUT2D eigenvalue weighted by molar-refractivity contribution is 7.88. The molecule has 162 valence electrons. The molecule has 0 radical (unpaired) electrons. The third-order valence-corrected chi connectivity index (χ3v) is 6.23. The summed E-state index contributed by atoms with van der Waals surface area (Å²) in [6.45, 7) is 0. The number of primary sulfonamides is 1. The molecule has 0 saturated carbocycles. The van der Waals surface area contributed by atoms with Gasteiger partial charge in [-0.15, -0.1) is 0 Å². The molecule has 4 aromatic rings. The van der Waals surface area contributed by atoms with Crippen LogP contribution in [0.5, 0.6) is 11.5 Å². The van der Waals surface area contributed by atoms with E-state index < -0.39 is 16.1 Å². The summed E-state index contributed by atoms with van der Waals surface area (Å²) in [6, 6.07) is 22.8. The lowest BCUT2D eigenvalue weighted by atomic mass is 9.86. The van der Waals surface area contributed by atoms with Crippen LogP contribution in [0.25, 0.3) is 22.5 Å². The molecule has 0 amide bonds. The maximum absolute atomic E-state index is 11.7. The summed E-state index contributed by atoms with van der Waals surface area (Å²) in [5, 5.41) is 5.30. The first kappa shape index (κ1) is 20.4. The minimum absolute atomic E-state index is 0.252. The van der Waals surface area contributed by atoms with Crippen LogP contribution in [0.4, 0.5) is 0 Å². The number of benzene rings is 3. The van der Waals surface area contributed by atoms with Gasteiger partial charge in [0, 0.05) is 22.3 Å². The fourth-order valence-corrected chi connectivity index (χ4v) is 4.81. The first-order valence-electron chi connectivity index (χ1n) is 10.0. The molecule has 0 saturated heterocycles. The first-order valence-corrected chi connectivity index (χ1v) is 11.8. The molecule has 1 atom stereocenters. The number of methoxy groups -OCH3 is 1. The van der Waals surface area contributed by atoms with Gasteiger partial charge in [0.05, 0.1) is 19.1 Å². The average Bonchev–Trinajstić information content (AvgIpc) is 3.32. The fraction of sp³-hybridized carbons (Fsp3) is 0.120. The molecule has 0 bridgehead atoms. The Balaban J connectivity index is 1.73. The number of hydrogen-bond acceptors (Lipinski definition) is 5. The smallest absolute Gasteiger partial charge is 0.213 e. The molecule has 32 heavy (non-hydrogen) atoms. The molecule has 1 aliphatic heterocycles. The maximum Gasteiger partial charge on any atom is 0.213 e. The lowest BCUT2D eigenvalue weighted by molar-refractivity contribution is 0.243. The van der Waals surface area contributed by atoms with Crippen molar-refractivity contribution < 1.29 is 22.3 Å². The van der Waals surface area contributed by atoms with Gasteiger partial charge in [0.2, 0.25) is 10.0 Å². The van der Waals surface area contributed by atoms with Gasteiger partial charge in [0.1, 0.15) is 23.4 Å². The Hall–Kier alpha value is -3.55. The van der Waals surface area contributed by atoms with Crippen LogP contribution in [0.1, 0.15) is 22.8 Å². The van der Waals surface area contributed by atoms with E-state index in [2.05, 4.69) is 0 Å². The molecule has 3 aromatic carbocycles. The van der Waals surface area contributed by atoms with Crippen molar-refractivity contribution in [1.82, 2.24) is 0 Å². The largest absolute Gasteiger partial charge is 0.497 e. The molecule has 0 spiro atoms. The number of fused-ring (bicyclic) bond motifs is 3. The molecule has 2 N–H and O–H groups in total. The molecule has 7 heteroatoms. The lowest BCUT2D eigenvalue weighted by Crippen LogP contribution is -2.18. The monoisotopic (exact) mass is 447 g/mol. The van der Waals surface area contributed by atoms with E-state index in [4.69, 9.17) is 19.0 Å². The maximum atomic E-state index is 11.7. The Bertz CT molecular complexity index is 1390. The third kappa shape index (κ3) is 3.77. The van der Waals surface area contributed by atoms with Crippen LogP contribution in [0.15, 0.2) is 83.5 Å². The topological polar surface area (TPSA) is 91.8 Å². The van der Waals surface area contributed by atoms with Crippen LogP contribution in [-0.2, 0) is 15.8 Å². The summed E-state index contributed by atoms with van der Waals surface area (Å²) in [4.78, 5) is 0. The first-order chi connectivity index (χ1) is 15.4. The van der Waals surface area contributed by atoms with Crippen molar-refractivity contribution in [1.29, 1.82) is 0 Å². The molecule has 0 fully saturated rings. The number of sulfonamides is 1. The molecule has 2 heterocycles. The minimum Gasteiger partial charge on any atom is -0.497 e. The summed E-state index contributed by atoms with van der Waals surface area (Å²) in [7, 11) is -2.06. The van der Waals surface area contributed by atoms with Crippen LogP contribution in [-0.4, -0.2) is 15.5 Å². The van der Waals surface area contributed by atoms with Crippen LogP contribution >= 0.6 is 0 Å². The van der Waals surface area contributed by atoms with E-state index in [1.807, 2.05) is 66.7 Å². The van der Waals surface area contributed by atoms with Gasteiger partial charge in [-0.3, -0.25) is 0 Å². The van der Waals surface area contributed by atoms with Crippen molar-refractivity contribution in [2.45, 2.75) is 11.9 Å². The second-order valence-electron chi connectivity index (χ2n) is 7.66. The molecule has 1 aromatic heterocycles. The van der Waals surface area contributed by atoms with E-state index in [0.29, 0.717) is 11.3 Å². The highest BCUT2D eigenvalue weighted by Crippen LogP contribution is 2.49. The van der Waals surface area contributed by atoms with E-state index in [9.17, 15) is 8.42 Å². The van der Waals surface area contributed by atoms with Gasteiger partial charge in [0.25, 0.3) is 0 Å². The van der Waals surface area contributed by atoms with Crippen molar-refractivity contribution in [3.8, 4) is 33.9 Å². The highest BCUT2D eigenvalue weighted by atomic mass is 32.2. The van der Waals surface area contributed by atoms with Crippen LogP contribution in [0, 0.1) is 0 Å². The van der Waals surface area contributed by atoms with Crippen LogP contribution in [0.2, 0.25) is 0 Å². The quantitative estimate of drug-likeness (QED) is 0.470. The molecule has 6 nitrogen and oxygen atoms in total. The summed E-state index contributed by atoms with van der Waals surface area (Å²) >= 11 is 0. The molecule has 1 aliphatic rings. The Kier molecular flexibility index (Phi) is 5.00. The normalized spacial score (nSPS) is 14.9. The Morgan fingerprint density at radius 3 is 2.56 bits per heavy atom. The van der Waals surface area contributed by atoms with Gasteiger partial charge in [-0.05, 0) is 41.5 Å². The predicted octanol–water partition coefficient (Wildman–Crippen LogP) is 4.89. The fourth-order valence-electron chi connectivity index (χ4n) is 4.17. The van der Waals surface area contributed by atoms with E-state index in [-0.39, 0.29) is 5.75 Å². The van der Waals surface area contributed by atoms with Crippen molar-refractivity contribution in [2.24, 2.45) is 5.14 Å². The van der Waals surface area contributed by atoms with Crippen molar-refractivity contribution in [2.75, 3.05) is 7.11 Å². The molecular weight excluding hydrogens is 426 g/mol. The third-order valence-electron chi connectivity index (χ3n) is 5.49. The zero-order valence-corrected chi connectivity index (χ0v) is 18.1. The van der Waals surface area contributed by atoms with E-state index in [1.54, 1.807) is 19.4 Å². The van der Waals surface area contributed by atoms with Crippen molar-refractivity contribution in [3.05, 3.63) is 95.7 Å². The summed E-state index contributed by atoms with van der Waals surface area (Å²) in [6.07, 6.45) is 1.19. The van der Waals surface area contributed by atoms with Gasteiger partial charge in [0.15, 0.2) is 0 Å². The average molecular weight is 448 g/mol. The van der Waals surface area contributed by atoms with Crippen molar-refractivity contribution in [3.63, 3.8) is 0 Å². The highest BCUT2D eigenvalue weighted by Gasteiger charge is 2.30. The minimum atomic E-state index is -3.68. The van der Waals surface area contributed by atoms with Gasteiger partial charge in [-0.2, -0.15) is 0 Å². The number of hydrogen-bond donors (Lipinski definition) is 1. The molecule has 1 unspecified atom stereocenters. The second-order valence-corrected chi connectivity index (χ2v) is 9.27. The van der Waals surface area contributed by atoms with Crippen LogP contribution in [0.3, 0.4) is 0 Å². The Morgan fingerprint density at radius 1 is 0.969 bits per heavy atom. The zero-order chi connectivity index (χ0) is 22.3. The molecule has 5 rings (SSSR count). The SMILES string of the molecule is COc1cccc(C2Oc3cccc(-c4ccco4)c3-c3ccc(CS(N)(=O)=O)cc32)c1. The van der Waals surface area contributed by atoms with E-state index >= 15 is 0 Å². The number of rotatable bonds is 5. The van der Waals surface area contributed by atoms with Gasteiger partial charge < -0.3 is 13.9 Å². The second kappa shape index (κ2) is 7.85. The predicted molar refractivity (Wildman–Crippen MR) is 122 cm³/mol. The standard InChI is InChI=1S/C25H21NO5S/c1-29-18-6-2-5-17(14-18)25-21-13-16(15-32(26,27)28)10-11-19(21)24-20(22-9-4-12-30-22)7-3-8-23(24)31-25/h2-14,25H,15H2,1H3,(H2,26,27,28). The summed E-state index contributed by atoms with van der Waals surface area (Å²) in [5.74, 6) is 1.91. The number of ether oxygens (including phenoxy) is 2. The number of nitrogens with two attached hydrogens (primary N) is 1. The van der Waals surface area contributed by atoms with E-state index in [0.717, 1.165) is 39.3 Å². The van der Waals surface area contributed by atoms with E-state index in [1.165, 1.54) is 0 Å². The number of furan rings is 1.